The molecule has 2 fully saturated rings. The van der Waals surface area contributed by atoms with Gasteiger partial charge in [0.25, 0.3) is 0 Å². The summed E-state index contributed by atoms with van der Waals surface area (Å²) in [5, 5.41) is 0.242. The number of benzene rings is 2. The Kier molecular flexibility index (Phi) is 5.99. The van der Waals surface area contributed by atoms with E-state index < -0.39 is 17.5 Å². The van der Waals surface area contributed by atoms with Crippen LogP contribution in [0.5, 0.6) is 0 Å². The van der Waals surface area contributed by atoms with Gasteiger partial charge < -0.3 is 0 Å². The average molecular weight is 389 g/mol. The molecule has 2 aliphatic carbocycles. The van der Waals surface area contributed by atoms with Crippen molar-refractivity contribution in [1.82, 2.24) is 0 Å². The molecule has 0 atom stereocenters. The zero-order chi connectivity index (χ0) is 19.7. The molecule has 4 rings (SSSR count). The van der Waals surface area contributed by atoms with Gasteiger partial charge in [0.1, 0.15) is 5.82 Å². The van der Waals surface area contributed by atoms with Crippen molar-refractivity contribution in [1.29, 1.82) is 0 Å². The number of hydrogen-bond donors (Lipinski definition) is 0. The van der Waals surface area contributed by atoms with Gasteiger partial charge in [-0.1, -0.05) is 44.7 Å². The average Bonchev–Trinajstić information content (AvgIpc) is 2.71. The molecule has 2 aromatic carbocycles. The van der Waals surface area contributed by atoms with Crippen molar-refractivity contribution in [2.24, 2.45) is 17.8 Å². The molecule has 0 aliphatic heterocycles. The normalized spacial score (nSPS) is 28.6. The van der Waals surface area contributed by atoms with Gasteiger partial charge in [-0.05, 0) is 85.3 Å². The van der Waals surface area contributed by atoms with E-state index in [-0.39, 0.29) is 5.39 Å². The molecule has 2 aromatic rings. The van der Waals surface area contributed by atoms with Crippen LogP contribution in [-0.4, -0.2) is 0 Å². The second kappa shape index (κ2) is 8.47. The van der Waals surface area contributed by atoms with E-state index in [1.54, 1.807) is 0 Å². The Bertz CT molecular complexity index is 812. The minimum absolute atomic E-state index is 0.221. The molecule has 28 heavy (non-hydrogen) atoms. The molecule has 0 N–H and O–H groups in total. The van der Waals surface area contributed by atoms with Gasteiger partial charge >= 0.3 is 0 Å². The van der Waals surface area contributed by atoms with E-state index >= 15 is 0 Å². The van der Waals surface area contributed by atoms with Crippen LogP contribution in [0, 0.1) is 35.2 Å². The first-order chi connectivity index (χ1) is 13.6. The lowest BCUT2D eigenvalue weighted by atomic mass is 9.68. The van der Waals surface area contributed by atoms with Gasteiger partial charge in [-0.2, -0.15) is 0 Å². The van der Waals surface area contributed by atoms with Gasteiger partial charge in [0.05, 0.1) is 5.39 Å². The molecule has 0 spiro atoms. The monoisotopic (exact) mass is 388 g/mol. The third-order valence-corrected chi connectivity index (χ3v) is 7.48. The second-order valence-corrected chi connectivity index (χ2v) is 9.14. The zero-order valence-electron chi connectivity index (χ0n) is 16.8. The minimum atomic E-state index is -1.08. The predicted molar refractivity (Wildman–Crippen MR) is 109 cm³/mol. The quantitative estimate of drug-likeness (QED) is 0.496. The van der Waals surface area contributed by atoms with Crippen LogP contribution in [0.4, 0.5) is 13.2 Å². The highest BCUT2D eigenvalue weighted by atomic mass is 19.2. The molecular weight excluding hydrogens is 357 g/mol. The highest BCUT2D eigenvalue weighted by Gasteiger charge is 2.31. The number of fused-ring (bicyclic) bond motifs is 1. The maximum Gasteiger partial charge on any atom is 0.169 e. The molecule has 2 saturated carbocycles. The lowest BCUT2D eigenvalue weighted by Gasteiger charge is -2.38. The maximum absolute atomic E-state index is 14.5. The van der Waals surface area contributed by atoms with E-state index in [1.165, 1.54) is 63.5 Å². The van der Waals surface area contributed by atoms with E-state index in [1.807, 2.05) is 6.07 Å². The van der Waals surface area contributed by atoms with Crippen molar-refractivity contribution >= 4 is 10.8 Å². The van der Waals surface area contributed by atoms with Crippen molar-refractivity contribution in [2.45, 2.75) is 77.0 Å². The van der Waals surface area contributed by atoms with Crippen LogP contribution in [0.25, 0.3) is 10.8 Å². The van der Waals surface area contributed by atoms with Crippen molar-refractivity contribution in [2.75, 3.05) is 0 Å². The SMILES string of the molecule is CCCC1CCC(C2CCC(c3cc(F)c4c(F)c(F)ccc4c3)CC2)CC1. The summed E-state index contributed by atoms with van der Waals surface area (Å²) in [5.41, 5.74) is 0.945. The van der Waals surface area contributed by atoms with Gasteiger partial charge in [-0.15, -0.1) is 0 Å². The summed E-state index contributed by atoms with van der Waals surface area (Å²) >= 11 is 0. The van der Waals surface area contributed by atoms with Crippen molar-refractivity contribution < 1.29 is 13.2 Å². The lowest BCUT2D eigenvalue weighted by molar-refractivity contribution is 0.156. The van der Waals surface area contributed by atoms with Crippen LogP contribution in [0.1, 0.15) is 82.6 Å². The number of halogens is 3. The Morgan fingerprint density at radius 1 is 0.786 bits per heavy atom. The molecule has 152 valence electrons. The molecule has 2 aliphatic rings. The smallest absolute Gasteiger partial charge is 0.169 e. The van der Waals surface area contributed by atoms with Crippen LogP contribution in [-0.2, 0) is 0 Å². The van der Waals surface area contributed by atoms with E-state index in [2.05, 4.69) is 6.92 Å². The predicted octanol–water partition coefficient (Wildman–Crippen LogP) is 8.14. The Balaban J connectivity index is 1.41. The zero-order valence-corrected chi connectivity index (χ0v) is 16.8. The van der Waals surface area contributed by atoms with Crippen molar-refractivity contribution in [3.05, 3.63) is 47.3 Å². The van der Waals surface area contributed by atoms with Crippen LogP contribution >= 0.6 is 0 Å². The lowest BCUT2D eigenvalue weighted by Crippen LogP contribution is -2.25. The Morgan fingerprint density at radius 3 is 2.07 bits per heavy atom. The molecular formula is C25H31F3. The number of hydrogen-bond acceptors (Lipinski definition) is 0. The Hall–Kier alpha value is -1.51. The largest absolute Gasteiger partial charge is 0.206 e. The first-order valence-electron chi connectivity index (χ1n) is 11.1. The molecule has 3 heteroatoms. The highest BCUT2D eigenvalue weighted by Crippen LogP contribution is 2.45. The van der Waals surface area contributed by atoms with Gasteiger partial charge in [0.2, 0.25) is 0 Å². The van der Waals surface area contributed by atoms with Gasteiger partial charge in [-0.25, -0.2) is 13.2 Å². The standard InChI is InChI=1S/C25H31F3/c1-2-3-16-4-6-17(7-5-16)18-8-10-19(11-9-18)21-14-20-12-13-22(26)25(28)24(20)23(27)15-21/h12-19H,2-11H2,1H3. The first kappa shape index (κ1) is 19.8. The second-order valence-electron chi connectivity index (χ2n) is 9.14. The molecule has 0 heterocycles. The summed E-state index contributed by atoms with van der Waals surface area (Å²) in [7, 11) is 0. The molecule has 0 amide bonds. The van der Waals surface area contributed by atoms with Gasteiger partial charge in [-0.3, -0.25) is 0 Å². The molecule has 0 nitrogen and oxygen atoms in total. The topological polar surface area (TPSA) is 0 Å². The summed E-state index contributed by atoms with van der Waals surface area (Å²) in [6, 6.07) is 5.88. The van der Waals surface area contributed by atoms with Crippen LogP contribution in [0.2, 0.25) is 0 Å². The third kappa shape index (κ3) is 3.95. The van der Waals surface area contributed by atoms with Crippen LogP contribution in [0.3, 0.4) is 0 Å². The highest BCUT2D eigenvalue weighted by molar-refractivity contribution is 5.84. The Morgan fingerprint density at radius 2 is 1.43 bits per heavy atom. The fourth-order valence-corrected chi connectivity index (χ4v) is 5.88. The summed E-state index contributed by atoms with van der Waals surface area (Å²) in [4.78, 5) is 0. The molecule has 0 saturated heterocycles. The van der Waals surface area contributed by atoms with E-state index in [0.29, 0.717) is 11.3 Å². The maximum atomic E-state index is 14.5. The fraction of sp³-hybridized carbons (Fsp3) is 0.600. The molecule has 0 radical (unpaired) electrons. The summed E-state index contributed by atoms with van der Waals surface area (Å²) in [6.07, 6.45) is 12.8. The fourth-order valence-electron chi connectivity index (χ4n) is 5.88. The molecule has 0 unspecified atom stereocenters. The first-order valence-corrected chi connectivity index (χ1v) is 11.1. The van der Waals surface area contributed by atoms with E-state index in [9.17, 15) is 13.2 Å². The molecule has 0 aromatic heterocycles. The summed E-state index contributed by atoms with van der Waals surface area (Å²) in [6.45, 7) is 2.29. The summed E-state index contributed by atoms with van der Waals surface area (Å²) in [5.74, 6) is 0.261. The van der Waals surface area contributed by atoms with E-state index in [0.717, 1.165) is 42.2 Å². The van der Waals surface area contributed by atoms with Crippen molar-refractivity contribution in [3.8, 4) is 0 Å². The number of rotatable bonds is 4. The van der Waals surface area contributed by atoms with Crippen molar-refractivity contribution in [3.63, 3.8) is 0 Å². The van der Waals surface area contributed by atoms with Gasteiger partial charge in [0.15, 0.2) is 11.6 Å². The summed E-state index contributed by atoms with van der Waals surface area (Å²) < 4.78 is 41.9. The van der Waals surface area contributed by atoms with Gasteiger partial charge in [0, 0.05) is 0 Å². The van der Waals surface area contributed by atoms with Crippen LogP contribution in [0.15, 0.2) is 24.3 Å². The Labute approximate surface area is 166 Å². The minimum Gasteiger partial charge on any atom is -0.206 e. The molecule has 0 bridgehead atoms. The third-order valence-electron chi connectivity index (χ3n) is 7.48. The van der Waals surface area contributed by atoms with Crippen LogP contribution < -0.4 is 0 Å². The van der Waals surface area contributed by atoms with E-state index in [4.69, 9.17) is 0 Å².